The molecule has 1 aromatic carbocycles. The predicted octanol–water partition coefficient (Wildman–Crippen LogP) is 3.43. The lowest BCUT2D eigenvalue weighted by Crippen LogP contribution is -2.13. The molecule has 1 aliphatic heterocycles. The van der Waals surface area contributed by atoms with Crippen LogP contribution in [0.2, 0.25) is 5.02 Å². The molecule has 0 spiro atoms. The summed E-state index contributed by atoms with van der Waals surface area (Å²) in [5, 5.41) is 9.36. The van der Waals surface area contributed by atoms with Gasteiger partial charge in [-0.25, -0.2) is 4.98 Å². The van der Waals surface area contributed by atoms with Crippen LogP contribution in [0, 0.1) is 0 Å². The third-order valence-electron chi connectivity index (χ3n) is 3.78. The molecule has 0 atom stereocenters. The van der Waals surface area contributed by atoms with E-state index in [1.807, 2.05) is 23.0 Å². The zero-order valence-electron chi connectivity index (χ0n) is 12.8. The van der Waals surface area contributed by atoms with Crippen LogP contribution in [0.1, 0.15) is 31.3 Å². The molecule has 3 heterocycles. The van der Waals surface area contributed by atoms with Gasteiger partial charge < -0.3 is 5.32 Å². The van der Waals surface area contributed by atoms with Crippen LogP contribution in [0.25, 0.3) is 10.9 Å². The highest BCUT2D eigenvalue weighted by Gasteiger charge is 2.19. The van der Waals surface area contributed by atoms with E-state index in [9.17, 15) is 0 Å². The highest BCUT2D eigenvalue weighted by molar-refractivity contribution is 6.35. The number of halogens is 1. The molecule has 0 radical (unpaired) electrons. The van der Waals surface area contributed by atoms with Crippen molar-refractivity contribution in [2.24, 2.45) is 4.99 Å². The number of hydrogen-bond donors (Lipinski definition) is 1. The van der Waals surface area contributed by atoms with Crippen LogP contribution in [0.5, 0.6) is 0 Å². The Morgan fingerprint density at radius 1 is 1.22 bits per heavy atom. The highest BCUT2D eigenvalue weighted by Crippen LogP contribution is 2.30. The van der Waals surface area contributed by atoms with E-state index in [-0.39, 0.29) is 6.04 Å². The second kappa shape index (κ2) is 5.31. The van der Waals surface area contributed by atoms with E-state index in [1.165, 1.54) is 0 Å². The Morgan fingerprint density at radius 3 is 2.87 bits per heavy atom. The molecule has 0 fully saturated rings. The van der Waals surface area contributed by atoms with Crippen molar-refractivity contribution < 1.29 is 0 Å². The van der Waals surface area contributed by atoms with Crippen LogP contribution in [0.3, 0.4) is 0 Å². The number of aromatic nitrogens is 4. The van der Waals surface area contributed by atoms with Gasteiger partial charge in [0.2, 0.25) is 0 Å². The van der Waals surface area contributed by atoms with Gasteiger partial charge in [-0.15, -0.1) is 0 Å². The Labute approximate surface area is 138 Å². The van der Waals surface area contributed by atoms with Crippen LogP contribution in [-0.4, -0.2) is 25.6 Å². The maximum absolute atomic E-state index is 6.47. The lowest BCUT2D eigenvalue weighted by atomic mass is 10.2. The topological polar surface area (TPSA) is 68.0 Å². The molecule has 3 aromatic rings. The maximum Gasteiger partial charge on any atom is 0.154 e. The second-order valence-corrected chi connectivity index (χ2v) is 6.13. The van der Waals surface area contributed by atoms with Crippen molar-refractivity contribution in [3.05, 3.63) is 47.1 Å². The molecule has 1 aliphatic rings. The van der Waals surface area contributed by atoms with Gasteiger partial charge in [0, 0.05) is 29.5 Å². The van der Waals surface area contributed by atoms with Gasteiger partial charge in [0.05, 0.1) is 29.0 Å². The molecule has 2 aromatic heterocycles. The first-order chi connectivity index (χ1) is 11.1. The summed E-state index contributed by atoms with van der Waals surface area (Å²) in [6.07, 6.45) is 5.18. The molecule has 0 unspecified atom stereocenters. The van der Waals surface area contributed by atoms with Gasteiger partial charge in [-0.2, -0.15) is 5.10 Å². The van der Waals surface area contributed by atoms with Crippen LogP contribution in [-0.2, 0) is 6.54 Å². The second-order valence-electron chi connectivity index (χ2n) is 5.72. The van der Waals surface area contributed by atoms with Gasteiger partial charge in [0.15, 0.2) is 5.84 Å². The third kappa shape index (κ3) is 2.35. The molecule has 116 valence electrons. The highest BCUT2D eigenvalue weighted by atomic mass is 35.5. The number of aliphatic imine (C=N–C) groups is 1. The van der Waals surface area contributed by atoms with Crippen molar-refractivity contribution in [1.82, 2.24) is 19.7 Å². The average molecular weight is 327 g/mol. The Bertz CT molecular complexity index is 927. The monoisotopic (exact) mass is 326 g/mol. The van der Waals surface area contributed by atoms with Crippen LogP contribution < -0.4 is 5.32 Å². The fourth-order valence-corrected chi connectivity index (χ4v) is 3.06. The van der Waals surface area contributed by atoms with Gasteiger partial charge in [0.25, 0.3) is 0 Å². The molecule has 0 bridgehead atoms. The first-order valence-electron chi connectivity index (χ1n) is 7.42. The van der Waals surface area contributed by atoms with Gasteiger partial charge in [0.1, 0.15) is 5.69 Å². The molecule has 23 heavy (non-hydrogen) atoms. The quantitative estimate of drug-likeness (QED) is 0.783. The van der Waals surface area contributed by atoms with Crippen molar-refractivity contribution in [2.75, 3.05) is 5.32 Å². The SMILES string of the molecule is CC(C)n1ncc2cc(NC3=NCc4nccnc43)cc(Cl)c21. The fraction of sp³-hybridized carbons (Fsp3) is 0.250. The molecule has 6 nitrogen and oxygen atoms in total. The van der Waals surface area contributed by atoms with Crippen LogP contribution >= 0.6 is 11.6 Å². The number of rotatable bonds is 2. The number of benzene rings is 1. The zero-order chi connectivity index (χ0) is 16.0. The predicted molar refractivity (Wildman–Crippen MR) is 91.0 cm³/mol. The number of hydrogen-bond acceptors (Lipinski definition) is 5. The standard InChI is InChI=1S/C16H15ClN6/c1-9(2)23-15-10(7-21-23)5-11(6-12(15)17)22-16-14-13(8-20-16)18-3-4-19-14/h3-7,9H,8H2,1-2H3,(H,20,22). The molecule has 0 amide bonds. The summed E-state index contributed by atoms with van der Waals surface area (Å²) in [5.41, 5.74) is 3.49. The Balaban J connectivity index is 1.71. The smallest absolute Gasteiger partial charge is 0.154 e. The van der Waals surface area contributed by atoms with E-state index in [1.54, 1.807) is 12.4 Å². The van der Waals surface area contributed by atoms with E-state index in [0.29, 0.717) is 11.6 Å². The minimum absolute atomic E-state index is 0.255. The van der Waals surface area contributed by atoms with Crippen molar-refractivity contribution in [3.8, 4) is 0 Å². The summed E-state index contributed by atoms with van der Waals surface area (Å²) in [7, 11) is 0. The van der Waals surface area contributed by atoms with Crippen LogP contribution in [0.4, 0.5) is 5.69 Å². The fourth-order valence-electron chi connectivity index (χ4n) is 2.75. The molecule has 7 heteroatoms. The van der Waals surface area contributed by atoms with Crippen molar-refractivity contribution >= 4 is 34.0 Å². The Kier molecular flexibility index (Phi) is 3.27. The van der Waals surface area contributed by atoms with E-state index >= 15 is 0 Å². The van der Waals surface area contributed by atoms with Gasteiger partial charge in [-0.05, 0) is 26.0 Å². The third-order valence-corrected chi connectivity index (χ3v) is 4.07. The van der Waals surface area contributed by atoms with Crippen molar-refractivity contribution in [3.63, 3.8) is 0 Å². The van der Waals surface area contributed by atoms with E-state index in [0.717, 1.165) is 33.8 Å². The maximum atomic E-state index is 6.47. The number of fused-ring (bicyclic) bond motifs is 2. The lowest BCUT2D eigenvalue weighted by molar-refractivity contribution is 0.551. The summed E-state index contributed by atoms with van der Waals surface area (Å²) >= 11 is 6.47. The molecule has 0 saturated heterocycles. The Morgan fingerprint density at radius 2 is 2.04 bits per heavy atom. The molecular weight excluding hydrogens is 312 g/mol. The van der Waals surface area contributed by atoms with Crippen molar-refractivity contribution in [1.29, 1.82) is 0 Å². The van der Waals surface area contributed by atoms with E-state index in [4.69, 9.17) is 11.6 Å². The number of nitrogens with one attached hydrogen (secondary N) is 1. The van der Waals surface area contributed by atoms with Gasteiger partial charge in [-0.3, -0.25) is 14.7 Å². The summed E-state index contributed by atoms with van der Waals surface area (Å²) in [6, 6.07) is 4.16. The van der Waals surface area contributed by atoms with E-state index in [2.05, 4.69) is 39.2 Å². The molecule has 4 rings (SSSR count). The van der Waals surface area contributed by atoms with Gasteiger partial charge in [-0.1, -0.05) is 11.6 Å². The summed E-state index contributed by atoms with van der Waals surface area (Å²) in [5.74, 6) is 0.722. The minimum Gasteiger partial charge on any atom is -0.339 e. The molecular formula is C16H15ClN6. The van der Waals surface area contributed by atoms with Crippen molar-refractivity contribution in [2.45, 2.75) is 26.4 Å². The van der Waals surface area contributed by atoms with E-state index < -0.39 is 0 Å². The molecule has 0 aliphatic carbocycles. The number of anilines is 1. The summed E-state index contributed by atoms with van der Waals surface area (Å²) in [6.45, 7) is 4.71. The van der Waals surface area contributed by atoms with Crippen LogP contribution in [0.15, 0.2) is 35.7 Å². The number of amidine groups is 1. The molecule has 0 saturated carbocycles. The Hall–Kier alpha value is -2.47. The summed E-state index contributed by atoms with van der Waals surface area (Å²) in [4.78, 5) is 13.1. The van der Waals surface area contributed by atoms with Gasteiger partial charge >= 0.3 is 0 Å². The molecule has 1 N–H and O–H groups in total. The minimum atomic E-state index is 0.255. The first kappa shape index (κ1) is 14.1. The summed E-state index contributed by atoms with van der Waals surface area (Å²) < 4.78 is 1.93. The normalized spacial score (nSPS) is 13.5. The average Bonchev–Trinajstić information content (AvgIpc) is 3.12. The number of nitrogens with zero attached hydrogens (tertiary/aromatic N) is 5. The first-order valence-corrected chi connectivity index (χ1v) is 7.80. The largest absolute Gasteiger partial charge is 0.339 e. The zero-order valence-corrected chi connectivity index (χ0v) is 13.5. The lowest BCUT2D eigenvalue weighted by Gasteiger charge is -2.11.